The molecule has 0 bridgehead atoms. The average molecular weight is 280 g/mol. The standard InChI is InChI=1S/C9H6F2O2.CH5N3.ClH/c10-7-2-3-8(11)6(5-7)1-4-9(12)13;2-1(3)4;/h1-5H,(H,12,13);(H5,2,3,4);1H. The summed E-state index contributed by atoms with van der Waals surface area (Å²) in [4.78, 5) is 10.1. The summed E-state index contributed by atoms with van der Waals surface area (Å²) in [5.74, 6) is -2.80. The maximum absolute atomic E-state index is 12.8. The van der Waals surface area contributed by atoms with Crippen molar-refractivity contribution in [3.8, 4) is 0 Å². The second-order valence-electron chi connectivity index (χ2n) is 2.79. The number of aliphatic carboxylic acids is 1. The van der Waals surface area contributed by atoms with Crippen molar-refractivity contribution >= 4 is 30.4 Å². The fraction of sp³-hybridized carbons (Fsp3) is 0. The maximum Gasteiger partial charge on any atom is 0.328 e. The van der Waals surface area contributed by atoms with Crippen LogP contribution in [-0.4, -0.2) is 17.0 Å². The van der Waals surface area contributed by atoms with Gasteiger partial charge in [-0.2, -0.15) is 0 Å². The number of nitrogens with one attached hydrogen (secondary N) is 1. The first kappa shape index (κ1) is 18.2. The Labute approximate surface area is 108 Å². The summed E-state index contributed by atoms with van der Waals surface area (Å²) < 4.78 is 25.3. The topological polar surface area (TPSA) is 113 Å². The normalized spacial score (nSPS) is 9.00. The van der Waals surface area contributed by atoms with Crippen molar-refractivity contribution < 1.29 is 18.7 Å². The summed E-state index contributed by atoms with van der Waals surface area (Å²) in [7, 11) is 0. The first-order valence-corrected chi connectivity index (χ1v) is 4.28. The van der Waals surface area contributed by atoms with Gasteiger partial charge in [-0.25, -0.2) is 13.6 Å². The first-order chi connectivity index (χ1) is 7.82. The van der Waals surface area contributed by atoms with Gasteiger partial charge >= 0.3 is 5.97 Å². The highest BCUT2D eigenvalue weighted by molar-refractivity contribution is 5.85. The van der Waals surface area contributed by atoms with Crippen LogP contribution in [-0.2, 0) is 4.79 Å². The van der Waals surface area contributed by atoms with Crippen molar-refractivity contribution in [3.05, 3.63) is 41.5 Å². The second-order valence-corrected chi connectivity index (χ2v) is 2.79. The number of nitrogens with two attached hydrogens (primary N) is 2. The zero-order valence-corrected chi connectivity index (χ0v) is 9.88. The van der Waals surface area contributed by atoms with Crippen LogP contribution in [0.15, 0.2) is 24.3 Å². The second kappa shape index (κ2) is 8.94. The van der Waals surface area contributed by atoms with Crippen molar-refractivity contribution in [1.29, 1.82) is 5.41 Å². The Morgan fingerprint density at radius 3 is 2.28 bits per heavy atom. The van der Waals surface area contributed by atoms with Crippen LogP contribution in [0.3, 0.4) is 0 Å². The van der Waals surface area contributed by atoms with E-state index in [0.717, 1.165) is 30.4 Å². The van der Waals surface area contributed by atoms with Gasteiger partial charge in [0, 0.05) is 11.6 Å². The summed E-state index contributed by atoms with van der Waals surface area (Å²) in [5.41, 5.74) is 8.86. The number of hydrogen-bond donors (Lipinski definition) is 4. The minimum Gasteiger partial charge on any atom is -0.478 e. The molecule has 1 rings (SSSR count). The van der Waals surface area contributed by atoms with Gasteiger partial charge in [0.05, 0.1) is 0 Å². The lowest BCUT2D eigenvalue weighted by Crippen LogP contribution is -2.20. The molecular formula is C10H12ClF2N3O2. The molecule has 0 aliphatic carbocycles. The number of carboxylic acids is 1. The Hall–Kier alpha value is -2.15. The molecule has 0 amide bonds. The van der Waals surface area contributed by atoms with Crippen LogP contribution in [0.25, 0.3) is 6.08 Å². The molecule has 0 unspecified atom stereocenters. The molecule has 0 aromatic heterocycles. The number of carbonyl (C=O) groups is 1. The van der Waals surface area contributed by atoms with E-state index in [2.05, 4.69) is 11.5 Å². The van der Waals surface area contributed by atoms with Gasteiger partial charge < -0.3 is 16.6 Å². The van der Waals surface area contributed by atoms with Crippen molar-refractivity contribution in [1.82, 2.24) is 0 Å². The molecule has 0 saturated heterocycles. The van der Waals surface area contributed by atoms with Gasteiger partial charge in [-0.05, 0) is 24.3 Å². The quantitative estimate of drug-likeness (QED) is 0.371. The van der Waals surface area contributed by atoms with Gasteiger partial charge in [0.15, 0.2) is 5.96 Å². The van der Waals surface area contributed by atoms with Crippen molar-refractivity contribution in [3.63, 3.8) is 0 Å². The summed E-state index contributed by atoms with van der Waals surface area (Å²) in [6.45, 7) is 0. The van der Waals surface area contributed by atoms with Crippen molar-refractivity contribution in [2.45, 2.75) is 0 Å². The zero-order chi connectivity index (χ0) is 13.4. The van der Waals surface area contributed by atoms with E-state index >= 15 is 0 Å². The maximum atomic E-state index is 12.8. The van der Waals surface area contributed by atoms with Crippen LogP contribution in [0.4, 0.5) is 8.78 Å². The third-order valence-corrected chi connectivity index (χ3v) is 1.36. The number of halogens is 3. The molecule has 100 valence electrons. The Balaban J connectivity index is 0. The highest BCUT2D eigenvalue weighted by Crippen LogP contribution is 2.10. The molecule has 1 aromatic carbocycles. The van der Waals surface area contributed by atoms with E-state index in [-0.39, 0.29) is 23.9 Å². The van der Waals surface area contributed by atoms with Gasteiger partial charge in [0.1, 0.15) is 11.6 Å². The van der Waals surface area contributed by atoms with Crippen molar-refractivity contribution in [2.75, 3.05) is 0 Å². The van der Waals surface area contributed by atoms with Gasteiger partial charge in [0.25, 0.3) is 0 Å². The van der Waals surface area contributed by atoms with E-state index in [1.165, 1.54) is 0 Å². The minimum atomic E-state index is -1.20. The number of hydrogen-bond acceptors (Lipinski definition) is 2. The Bertz CT molecular complexity index is 449. The Morgan fingerprint density at radius 1 is 1.33 bits per heavy atom. The summed E-state index contributed by atoms with van der Waals surface area (Å²) >= 11 is 0. The van der Waals surface area contributed by atoms with Crippen LogP contribution in [0, 0.1) is 17.0 Å². The molecule has 1 aromatic rings. The van der Waals surface area contributed by atoms with Gasteiger partial charge in [-0.15, -0.1) is 12.4 Å². The third-order valence-electron chi connectivity index (χ3n) is 1.36. The van der Waals surface area contributed by atoms with Crippen LogP contribution in [0.5, 0.6) is 0 Å². The van der Waals surface area contributed by atoms with E-state index in [9.17, 15) is 13.6 Å². The lowest BCUT2D eigenvalue weighted by atomic mass is 10.2. The van der Waals surface area contributed by atoms with Crippen molar-refractivity contribution in [2.24, 2.45) is 11.5 Å². The van der Waals surface area contributed by atoms with E-state index in [1.54, 1.807) is 0 Å². The molecule has 0 heterocycles. The van der Waals surface area contributed by atoms with Crippen LogP contribution >= 0.6 is 12.4 Å². The molecule has 0 saturated carbocycles. The predicted octanol–water partition coefficient (Wildman–Crippen LogP) is 1.32. The number of rotatable bonds is 2. The molecule has 5 nitrogen and oxygen atoms in total. The average Bonchev–Trinajstić information content (AvgIpc) is 2.18. The largest absolute Gasteiger partial charge is 0.478 e. The van der Waals surface area contributed by atoms with Crippen LogP contribution in [0.2, 0.25) is 0 Å². The van der Waals surface area contributed by atoms with Gasteiger partial charge in [0.2, 0.25) is 0 Å². The van der Waals surface area contributed by atoms with Gasteiger partial charge in [-0.3, -0.25) is 5.41 Å². The summed E-state index contributed by atoms with van der Waals surface area (Å²) in [6.07, 6.45) is 1.75. The third kappa shape index (κ3) is 9.10. The Morgan fingerprint density at radius 2 is 1.83 bits per heavy atom. The molecule has 0 fully saturated rings. The van der Waals surface area contributed by atoms with Crippen LogP contribution in [0.1, 0.15) is 5.56 Å². The van der Waals surface area contributed by atoms with Gasteiger partial charge in [-0.1, -0.05) is 0 Å². The first-order valence-electron chi connectivity index (χ1n) is 4.28. The molecule has 18 heavy (non-hydrogen) atoms. The predicted molar refractivity (Wildman–Crippen MR) is 66.4 cm³/mol. The molecule has 6 N–H and O–H groups in total. The lowest BCUT2D eigenvalue weighted by Gasteiger charge is -1.95. The lowest BCUT2D eigenvalue weighted by molar-refractivity contribution is -0.131. The van der Waals surface area contributed by atoms with E-state index in [1.807, 2.05) is 0 Å². The monoisotopic (exact) mass is 279 g/mol. The van der Waals surface area contributed by atoms with E-state index in [0.29, 0.717) is 0 Å². The fourth-order valence-corrected chi connectivity index (χ4v) is 0.803. The smallest absolute Gasteiger partial charge is 0.328 e. The summed E-state index contributed by atoms with van der Waals surface area (Å²) in [6, 6.07) is 2.83. The minimum absolute atomic E-state index is 0. The zero-order valence-electron chi connectivity index (χ0n) is 9.06. The number of benzene rings is 1. The van der Waals surface area contributed by atoms with E-state index < -0.39 is 17.6 Å². The van der Waals surface area contributed by atoms with E-state index in [4.69, 9.17) is 10.5 Å². The fourth-order valence-electron chi connectivity index (χ4n) is 0.803. The van der Waals surface area contributed by atoms with Crippen LogP contribution < -0.4 is 11.5 Å². The summed E-state index contributed by atoms with van der Waals surface area (Å²) in [5, 5.41) is 14.3. The molecular weight excluding hydrogens is 268 g/mol. The molecule has 0 atom stereocenters. The molecule has 0 radical (unpaired) electrons. The number of guanidine groups is 1. The molecule has 0 spiro atoms. The molecule has 0 aliphatic rings. The number of carboxylic acid groups (broad SMARTS) is 1. The highest BCUT2D eigenvalue weighted by Gasteiger charge is 2.00. The SMILES string of the molecule is Cl.N=C(N)N.O=C(O)C=Cc1cc(F)ccc1F. The molecule has 0 aliphatic heterocycles. The highest BCUT2D eigenvalue weighted by atomic mass is 35.5. The Kier molecular flexibility index (Phi) is 9.05. The molecule has 8 heteroatoms.